The van der Waals surface area contributed by atoms with E-state index in [-0.39, 0.29) is 19.4 Å². The van der Waals surface area contributed by atoms with Crippen molar-refractivity contribution in [3.63, 3.8) is 0 Å². The molecular formula is C17H18F2N2O2. The molecule has 1 aromatic carbocycles. The number of halogens is 2. The molecule has 2 N–H and O–H groups in total. The molecule has 0 bridgehead atoms. The summed E-state index contributed by atoms with van der Waals surface area (Å²) >= 11 is 0. The molecule has 0 atom stereocenters. The third-order valence-corrected chi connectivity index (χ3v) is 4.52. The van der Waals surface area contributed by atoms with Crippen LogP contribution in [0, 0.1) is 0 Å². The number of fused-ring (bicyclic) bond motifs is 1. The first-order chi connectivity index (χ1) is 10.9. The number of carbonyl (C=O) groups is 1. The maximum absolute atomic E-state index is 13.3. The summed E-state index contributed by atoms with van der Waals surface area (Å²) < 4.78 is 26.6. The maximum atomic E-state index is 13.3. The van der Waals surface area contributed by atoms with Gasteiger partial charge < -0.3 is 5.11 Å². The van der Waals surface area contributed by atoms with Gasteiger partial charge in [0.15, 0.2) is 0 Å². The Hall–Kier alpha value is -2.08. The number of rotatable bonds is 4. The van der Waals surface area contributed by atoms with Gasteiger partial charge in [-0.3, -0.25) is 15.1 Å². The fourth-order valence-corrected chi connectivity index (χ4v) is 2.99. The smallest absolute Gasteiger partial charge is 0.323 e. The van der Waals surface area contributed by atoms with Gasteiger partial charge in [0.2, 0.25) is 5.92 Å². The number of para-hydroxylation sites is 1. The number of benzene rings is 1. The largest absolute Gasteiger partial charge is 0.480 e. The van der Waals surface area contributed by atoms with Crippen molar-refractivity contribution in [2.75, 3.05) is 0 Å². The van der Waals surface area contributed by atoms with Crippen LogP contribution in [0.2, 0.25) is 0 Å². The molecule has 1 aliphatic rings. The van der Waals surface area contributed by atoms with Crippen LogP contribution in [-0.4, -0.2) is 27.5 Å². The summed E-state index contributed by atoms with van der Waals surface area (Å²) in [6.07, 6.45) is 0.736. The van der Waals surface area contributed by atoms with Crippen molar-refractivity contribution in [1.82, 2.24) is 10.3 Å². The highest BCUT2D eigenvalue weighted by Crippen LogP contribution is 2.38. The maximum Gasteiger partial charge on any atom is 0.323 e. The molecular weight excluding hydrogens is 302 g/mol. The minimum absolute atomic E-state index is 0.0731. The molecule has 1 heterocycles. The number of aliphatic carboxylic acids is 1. The molecule has 0 aliphatic heterocycles. The summed E-state index contributed by atoms with van der Waals surface area (Å²) in [5.74, 6) is -3.83. The van der Waals surface area contributed by atoms with Crippen LogP contribution in [0.4, 0.5) is 8.78 Å². The van der Waals surface area contributed by atoms with E-state index in [9.17, 15) is 18.7 Å². The zero-order valence-corrected chi connectivity index (χ0v) is 12.6. The molecule has 1 aliphatic carbocycles. The van der Waals surface area contributed by atoms with Crippen molar-refractivity contribution in [3.8, 4) is 0 Å². The third kappa shape index (κ3) is 3.32. The van der Waals surface area contributed by atoms with Gasteiger partial charge in [0.1, 0.15) is 5.54 Å². The fourth-order valence-electron chi connectivity index (χ4n) is 2.99. The first-order valence-corrected chi connectivity index (χ1v) is 7.60. The average molecular weight is 320 g/mol. The van der Waals surface area contributed by atoms with E-state index in [4.69, 9.17) is 0 Å². The average Bonchev–Trinajstić information content (AvgIpc) is 2.54. The van der Waals surface area contributed by atoms with E-state index < -0.39 is 30.3 Å². The number of hydrogen-bond acceptors (Lipinski definition) is 3. The van der Waals surface area contributed by atoms with Crippen molar-refractivity contribution in [2.24, 2.45) is 0 Å². The fraction of sp³-hybridized carbons (Fsp3) is 0.412. The zero-order chi connectivity index (χ0) is 16.5. The molecule has 1 fully saturated rings. The standard InChI is InChI=1S/C17H18F2N2O2/c18-17(19)7-5-16(6-8-17,15(22)23)21-11-12-9-13-3-1-2-4-14(13)20-10-12/h1-4,9-10,21H,5-8,11H2,(H,22,23). The van der Waals surface area contributed by atoms with Crippen LogP contribution in [0.15, 0.2) is 36.5 Å². The second-order valence-corrected chi connectivity index (χ2v) is 6.13. The Morgan fingerprint density at radius 3 is 2.61 bits per heavy atom. The predicted molar refractivity (Wildman–Crippen MR) is 82.4 cm³/mol. The minimum atomic E-state index is -2.76. The number of hydrogen-bond donors (Lipinski definition) is 2. The number of pyridine rings is 1. The molecule has 4 nitrogen and oxygen atoms in total. The summed E-state index contributed by atoms with van der Waals surface area (Å²) in [6, 6.07) is 9.56. The minimum Gasteiger partial charge on any atom is -0.480 e. The number of nitrogens with zero attached hydrogens (tertiary/aromatic N) is 1. The lowest BCUT2D eigenvalue weighted by Crippen LogP contribution is -2.55. The summed E-state index contributed by atoms with van der Waals surface area (Å²) in [4.78, 5) is 15.9. The highest BCUT2D eigenvalue weighted by Gasteiger charge is 2.47. The first-order valence-electron chi connectivity index (χ1n) is 7.60. The van der Waals surface area contributed by atoms with E-state index in [1.807, 2.05) is 30.3 Å². The normalized spacial score (nSPS) is 19.6. The van der Waals surface area contributed by atoms with Gasteiger partial charge in [0.25, 0.3) is 0 Å². The monoisotopic (exact) mass is 320 g/mol. The van der Waals surface area contributed by atoms with Gasteiger partial charge in [-0.15, -0.1) is 0 Å². The van der Waals surface area contributed by atoms with Gasteiger partial charge in [-0.1, -0.05) is 18.2 Å². The SMILES string of the molecule is O=C(O)C1(NCc2cnc3ccccc3c2)CCC(F)(F)CC1. The molecule has 23 heavy (non-hydrogen) atoms. The first kappa shape index (κ1) is 15.8. The quantitative estimate of drug-likeness (QED) is 0.907. The second kappa shape index (κ2) is 5.85. The van der Waals surface area contributed by atoms with Crippen LogP contribution in [0.25, 0.3) is 10.9 Å². The third-order valence-electron chi connectivity index (χ3n) is 4.52. The van der Waals surface area contributed by atoms with Crippen molar-refractivity contribution >= 4 is 16.9 Å². The lowest BCUT2D eigenvalue weighted by molar-refractivity contribution is -0.150. The highest BCUT2D eigenvalue weighted by atomic mass is 19.3. The van der Waals surface area contributed by atoms with Crippen molar-refractivity contribution in [2.45, 2.75) is 43.7 Å². The number of carboxylic acid groups (broad SMARTS) is 1. The summed E-state index contributed by atoms with van der Waals surface area (Å²) in [6.45, 7) is 0.287. The molecule has 3 rings (SSSR count). The Kier molecular flexibility index (Phi) is 4.02. The molecule has 2 aromatic rings. The van der Waals surface area contributed by atoms with Crippen LogP contribution >= 0.6 is 0 Å². The summed E-state index contributed by atoms with van der Waals surface area (Å²) in [5, 5.41) is 13.4. The second-order valence-electron chi connectivity index (χ2n) is 6.13. The lowest BCUT2D eigenvalue weighted by Gasteiger charge is -2.37. The van der Waals surface area contributed by atoms with Gasteiger partial charge in [-0.25, -0.2) is 8.78 Å². The van der Waals surface area contributed by atoms with E-state index in [2.05, 4.69) is 10.3 Å². The molecule has 0 unspecified atom stereocenters. The predicted octanol–water partition coefficient (Wildman–Crippen LogP) is 3.36. The number of alkyl halides is 2. The van der Waals surface area contributed by atoms with Gasteiger partial charge in [0.05, 0.1) is 5.52 Å². The Bertz CT molecular complexity index is 723. The molecule has 0 spiro atoms. The molecule has 0 amide bonds. The van der Waals surface area contributed by atoms with Crippen LogP contribution in [0.3, 0.4) is 0 Å². The summed E-state index contributed by atoms with van der Waals surface area (Å²) in [5.41, 5.74) is 0.413. The molecule has 1 saturated carbocycles. The van der Waals surface area contributed by atoms with Crippen molar-refractivity contribution < 1.29 is 18.7 Å². The Morgan fingerprint density at radius 2 is 1.91 bits per heavy atom. The molecule has 0 radical (unpaired) electrons. The molecule has 122 valence electrons. The van der Waals surface area contributed by atoms with Crippen molar-refractivity contribution in [1.29, 1.82) is 0 Å². The summed E-state index contributed by atoms with van der Waals surface area (Å²) in [7, 11) is 0. The van der Waals surface area contributed by atoms with E-state index in [0.717, 1.165) is 16.5 Å². The topological polar surface area (TPSA) is 62.2 Å². The van der Waals surface area contributed by atoms with Crippen LogP contribution < -0.4 is 5.32 Å². The van der Waals surface area contributed by atoms with Gasteiger partial charge in [-0.2, -0.15) is 0 Å². The van der Waals surface area contributed by atoms with Gasteiger partial charge in [0, 0.05) is 31.0 Å². The van der Waals surface area contributed by atoms with Crippen LogP contribution in [-0.2, 0) is 11.3 Å². The molecule has 0 saturated heterocycles. The molecule has 6 heteroatoms. The number of aromatic nitrogens is 1. The Labute approximate surface area is 132 Å². The molecule has 1 aromatic heterocycles. The Morgan fingerprint density at radius 1 is 1.22 bits per heavy atom. The van der Waals surface area contributed by atoms with Crippen LogP contribution in [0.1, 0.15) is 31.2 Å². The number of carboxylic acids is 1. The Balaban J connectivity index is 1.75. The van der Waals surface area contributed by atoms with Gasteiger partial charge >= 0.3 is 5.97 Å². The number of nitrogens with one attached hydrogen (secondary N) is 1. The van der Waals surface area contributed by atoms with E-state index in [0.29, 0.717) is 0 Å². The van der Waals surface area contributed by atoms with E-state index in [1.54, 1.807) is 6.20 Å². The van der Waals surface area contributed by atoms with E-state index >= 15 is 0 Å². The zero-order valence-electron chi connectivity index (χ0n) is 12.6. The lowest BCUT2D eigenvalue weighted by atomic mass is 9.79. The van der Waals surface area contributed by atoms with Crippen molar-refractivity contribution in [3.05, 3.63) is 42.1 Å². The van der Waals surface area contributed by atoms with E-state index in [1.165, 1.54) is 0 Å². The van der Waals surface area contributed by atoms with Crippen LogP contribution in [0.5, 0.6) is 0 Å². The highest BCUT2D eigenvalue weighted by molar-refractivity contribution is 5.80. The van der Waals surface area contributed by atoms with Gasteiger partial charge in [-0.05, 0) is 30.5 Å².